The molecule has 1 atom stereocenters. The van der Waals surface area contributed by atoms with Gasteiger partial charge in [-0.15, -0.1) is 0 Å². The van der Waals surface area contributed by atoms with Gasteiger partial charge in [0.25, 0.3) is 11.8 Å². The van der Waals surface area contributed by atoms with Crippen LogP contribution in [0.15, 0.2) is 48.5 Å². The van der Waals surface area contributed by atoms with E-state index in [2.05, 4.69) is 0 Å². The molecule has 27 heavy (non-hydrogen) atoms. The van der Waals surface area contributed by atoms with Crippen LogP contribution in [0.4, 0.5) is 0 Å². The minimum atomic E-state index is -0.854. The summed E-state index contributed by atoms with van der Waals surface area (Å²) in [6.45, 7) is 5.05. The third kappa shape index (κ3) is 4.00. The van der Waals surface area contributed by atoms with Crippen LogP contribution in [0.2, 0.25) is 0 Å². The third-order valence-electron chi connectivity index (χ3n) is 4.13. The second-order valence-electron chi connectivity index (χ2n) is 6.60. The van der Waals surface area contributed by atoms with Crippen LogP contribution in [-0.4, -0.2) is 41.3 Å². The van der Waals surface area contributed by atoms with E-state index < -0.39 is 17.9 Å². The van der Waals surface area contributed by atoms with Crippen molar-refractivity contribution in [2.24, 2.45) is 0 Å². The summed E-state index contributed by atoms with van der Waals surface area (Å²) in [5, 5.41) is 0. The van der Waals surface area contributed by atoms with E-state index >= 15 is 0 Å². The molecule has 0 bridgehead atoms. The summed E-state index contributed by atoms with van der Waals surface area (Å²) >= 11 is 0. The van der Waals surface area contributed by atoms with Gasteiger partial charge in [-0.2, -0.15) is 0 Å². The zero-order valence-electron chi connectivity index (χ0n) is 15.5. The Morgan fingerprint density at radius 1 is 1.11 bits per heavy atom. The summed E-state index contributed by atoms with van der Waals surface area (Å²) in [4.78, 5) is 39.0. The van der Waals surface area contributed by atoms with Crippen LogP contribution in [0.5, 0.6) is 11.5 Å². The number of nitrogens with zero attached hydrogens (tertiary/aromatic N) is 1. The van der Waals surface area contributed by atoms with Gasteiger partial charge >= 0.3 is 0 Å². The first-order chi connectivity index (χ1) is 12.9. The number of carbonyl (C=O) groups excluding carboxylic acids is 3. The summed E-state index contributed by atoms with van der Waals surface area (Å²) < 4.78 is 11.1. The van der Waals surface area contributed by atoms with E-state index in [1.807, 2.05) is 13.8 Å². The van der Waals surface area contributed by atoms with Crippen molar-refractivity contribution >= 4 is 17.6 Å². The lowest BCUT2D eigenvalue weighted by atomic mass is 10.1. The lowest BCUT2D eigenvalue weighted by Crippen LogP contribution is -2.44. The molecule has 0 saturated heterocycles. The van der Waals surface area contributed by atoms with E-state index in [0.29, 0.717) is 17.1 Å². The molecule has 2 aromatic rings. The fourth-order valence-electron chi connectivity index (χ4n) is 2.83. The number of ether oxygens (including phenoxy) is 2. The average molecular weight is 367 g/mol. The molecule has 0 aliphatic carbocycles. The minimum absolute atomic E-state index is 0.0282. The van der Waals surface area contributed by atoms with Crippen molar-refractivity contribution in [3.8, 4) is 11.5 Å². The Hall–Kier alpha value is -3.15. The molecular formula is C21H21NO5. The van der Waals surface area contributed by atoms with Crippen molar-refractivity contribution in [3.05, 3.63) is 59.7 Å². The van der Waals surface area contributed by atoms with Gasteiger partial charge < -0.3 is 9.47 Å². The van der Waals surface area contributed by atoms with Crippen LogP contribution in [0.25, 0.3) is 0 Å². The largest absolute Gasteiger partial charge is 0.491 e. The molecule has 6 heteroatoms. The number of hydrogen-bond acceptors (Lipinski definition) is 5. The number of benzene rings is 2. The molecule has 1 heterocycles. The number of ketones is 1. The fraction of sp³-hybridized carbons (Fsp3) is 0.286. The molecule has 0 N–H and O–H groups in total. The number of hydrogen-bond donors (Lipinski definition) is 0. The quantitative estimate of drug-likeness (QED) is 0.600. The van der Waals surface area contributed by atoms with Crippen LogP contribution in [0, 0.1) is 0 Å². The normalized spacial score (nSPS) is 16.6. The average Bonchev–Trinajstić information content (AvgIpc) is 2.73. The molecule has 1 aliphatic rings. The predicted molar refractivity (Wildman–Crippen MR) is 99.1 cm³/mol. The number of para-hydroxylation sites is 1. The van der Waals surface area contributed by atoms with Crippen LogP contribution < -0.4 is 9.47 Å². The zero-order valence-corrected chi connectivity index (χ0v) is 15.5. The Labute approximate surface area is 157 Å². The van der Waals surface area contributed by atoms with Crippen LogP contribution in [0.1, 0.15) is 41.5 Å². The Kier molecular flexibility index (Phi) is 5.26. The molecule has 0 saturated carbocycles. The van der Waals surface area contributed by atoms with Crippen molar-refractivity contribution in [1.29, 1.82) is 0 Å². The van der Waals surface area contributed by atoms with Crippen LogP contribution in [0.3, 0.4) is 0 Å². The van der Waals surface area contributed by atoms with E-state index in [1.54, 1.807) is 55.5 Å². The number of amides is 2. The van der Waals surface area contributed by atoms with E-state index in [0.717, 1.165) is 4.90 Å². The van der Waals surface area contributed by atoms with Crippen molar-refractivity contribution < 1.29 is 23.9 Å². The highest BCUT2D eigenvalue weighted by Crippen LogP contribution is 2.25. The Morgan fingerprint density at radius 3 is 2.44 bits per heavy atom. The Morgan fingerprint density at radius 2 is 1.78 bits per heavy atom. The molecule has 140 valence electrons. The minimum Gasteiger partial charge on any atom is -0.491 e. The fourth-order valence-corrected chi connectivity index (χ4v) is 2.83. The van der Waals surface area contributed by atoms with Gasteiger partial charge in [0.15, 0.2) is 11.9 Å². The smallest absolute Gasteiger partial charge is 0.270 e. The van der Waals surface area contributed by atoms with Crippen molar-refractivity contribution in [2.75, 3.05) is 6.54 Å². The first-order valence-corrected chi connectivity index (χ1v) is 8.78. The molecule has 3 rings (SSSR count). The first-order valence-electron chi connectivity index (χ1n) is 8.78. The Balaban J connectivity index is 1.81. The molecule has 2 aromatic carbocycles. The molecule has 1 aliphatic heterocycles. The molecule has 6 nitrogen and oxygen atoms in total. The monoisotopic (exact) mass is 367 g/mol. The summed E-state index contributed by atoms with van der Waals surface area (Å²) in [6.07, 6.45) is -0.826. The second kappa shape index (κ2) is 7.61. The molecule has 0 aromatic heterocycles. The third-order valence-corrected chi connectivity index (χ3v) is 4.13. The lowest BCUT2D eigenvalue weighted by Gasteiger charge is -2.19. The predicted octanol–water partition coefficient (Wildman–Crippen LogP) is 3.11. The standard InChI is InChI=1S/C21H21NO5/c1-13(2)26-16-10-8-15(9-11-16)18(23)12-22-20(24)14(3)27-19-7-5-4-6-17(19)21(22)25/h4-11,13-14H,12H2,1-3H3/t14-/m0/s1. The van der Waals surface area contributed by atoms with Gasteiger partial charge in [0.05, 0.1) is 18.2 Å². The molecule has 2 amide bonds. The molecule has 0 radical (unpaired) electrons. The van der Waals surface area contributed by atoms with Gasteiger partial charge in [-0.05, 0) is 57.2 Å². The number of carbonyl (C=O) groups is 3. The highest BCUT2D eigenvalue weighted by molar-refractivity contribution is 6.12. The number of imide groups is 1. The second-order valence-corrected chi connectivity index (χ2v) is 6.60. The number of Topliss-reactive ketones (excluding diaryl/α,β-unsaturated/α-hetero) is 1. The Bertz CT molecular complexity index is 872. The van der Waals surface area contributed by atoms with Crippen LogP contribution >= 0.6 is 0 Å². The van der Waals surface area contributed by atoms with E-state index in [1.165, 1.54) is 0 Å². The van der Waals surface area contributed by atoms with Gasteiger partial charge in [-0.1, -0.05) is 12.1 Å². The number of fused-ring (bicyclic) bond motifs is 1. The summed E-state index contributed by atoms with van der Waals surface area (Å²) in [7, 11) is 0. The molecule has 0 spiro atoms. The van der Waals surface area contributed by atoms with Crippen molar-refractivity contribution in [3.63, 3.8) is 0 Å². The highest BCUT2D eigenvalue weighted by atomic mass is 16.5. The topological polar surface area (TPSA) is 72.9 Å². The van der Waals surface area contributed by atoms with Crippen molar-refractivity contribution in [1.82, 2.24) is 4.90 Å². The maximum absolute atomic E-state index is 12.8. The maximum atomic E-state index is 12.8. The molecular weight excluding hydrogens is 346 g/mol. The SMILES string of the molecule is CC(C)Oc1ccc(C(=O)CN2C(=O)c3ccccc3O[C@@H](C)C2=O)cc1. The summed E-state index contributed by atoms with van der Waals surface area (Å²) in [5.74, 6) is -0.412. The maximum Gasteiger partial charge on any atom is 0.270 e. The van der Waals surface area contributed by atoms with E-state index in [9.17, 15) is 14.4 Å². The lowest BCUT2D eigenvalue weighted by molar-refractivity contribution is -0.134. The molecule has 0 unspecified atom stereocenters. The van der Waals surface area contributed by atoms with Gasteiger partial charge in [0, 0.05) is 5.56 Å². The summed E-state index contributed by atoms with van der Waals surface area (Å²) in [5.41, 5.74) is 0.668. The van der Waals surface area contributed by atoms with Gasteiger partial charge in [0.2, 0.25) is 0 Å². The van der Waals surface area contributed by atoms with Gasteiger partial charge in [-0.3, -0.25) is 19.3 Å². The summed E-state index contributed by atoms with van der Waals surface area (Å²) in [6, 6.07) is 13.3. The van der Waals surface area contributed by atoms with Crippen molar-refractivity contribution in [2.45, 2.75) is 33.0 Å². The first kappa shape index (κ1) is 18.6. The zero-order chi connectivity index (χ0) is 19.6. The van der Waals surface area contributed by atoms with E-state index in [4.69, 9.17) is 9.47 Å². The number of rotatable bonds is 5. The van der Waals surface area contributed by atoms with Gasteiger partial charge in [0.1, 0.15) is 11.5 Å². The van der Waals surface area contributed by atoms with E-state index in [-0.39, 0.29) is 24.0 Å². The van der Waals surface area contributed by atoms with Crippen LogP contribution in [-0.2, 0) is 4.79 Å². The molecule has 0 fully saturated rings. The van der Waals surface area contributed by atoms with Gasteiger partial charge in [-0.25, -0.2) is 0 Å². The highest BCUT2D eigenvalue weighted by Gasteiger charge is 2.35.